The highest BCUT2D eigenvalue weighted by molar-refractivity contribution is 8.26. The van der Waals surface area contributed by atoms with Crippen molar-refractivity contribution in [3.63, 3.8) is 0 Å². The maximum absolute atomic E-state index is 13.0. The average Bonchev–Trinajstić information content (AvgIpc) is 3.07. The topological polar surface area (TPSA) is 66.8 Å². The SMILES string of the molecule is O=C(O)C(Cc1ccccc1)N1C(=O)/C(=C/c2ccc(Oc3ccccc3)cc2)SC1=S. The number of thiocarbonyl (C=S) groups is 1. The van der Waals surface area contributed by atoms with Crippen molar-refractivity contribution in [2.45, 2.75) is 12.5 Å². The highest BCUT2D eigenvalue weighted by Gasteiger charge is 2.40. The van der Waals surface area contributed by atoms with Crippen molar-refractivity contribution in [3.8, 4) is 11.5 Å². The molecular formula is C25H19NO4S2. The van der Waals surface area contributed by atoms with Crippen LogP contribution in [0.2, 0.25) is 0 Å². The van der Waals surface area contributed by atoms with Crippen molar-refractivity contribution >= 4 is 46.3 Å². The Bertz CT molecular complexity index is 1160. The van der Waals surface area contributed by atoms with Crippen molar-refractivity contribution in [1.29, 1.82) is 0 Å². The molecule has 0 spiro atoms. The second-order valence-electron chi connectivity index (χ2n) is 7.08. The Morgan fingerprint density at radius 1 is 0.969 bits per heavy atom. The molecule has 32 heavy (non-hydrogen) atoms. The van der Waals surface area contributed by atoms with Gasteiger partial charge in [0.25, 0.3) is 5.91 Å². The minimum atomic E-state index is -1.09. The van der Waals surface area contributed by atoms with Crippen LogP contribution in [0, 0.1) is 0 Å². The van der Waals surface area contributed by atoms with E-state index in [4.69, 9.17) is 17.0 Å². The van der Waals surface area contributed by atoms with Crippen LogP contribution in [0.3, 0.4) is 0 Å². The lowest BCUT2D eigenvalue weighted by atomic mass is 10.0. The van der Waals surface area contributed by atoms with Gasteiger partial charge in [-0.2, -0.15) is 0 Å². The van der Waals surface area contributed by atoms with Crippen LogP contribution in [-0.4, -0.2) is 32.2 Å². The number of hydrogen-bond acceptors (Lipinski definition) is 5. The maximum Gasteiger partial charge on any atom is 0.327 e. The fourth-order valence-corrected chi connectivity index (χ4v) is 4.64. The Morgan fingerprint density at radius 2 is 1.56 bits per heavy atom. The van der Waals surface area contributed by atoms with E-state index >= 15 is 0 Å². The second kappa shape index (κ2) is 9.80. The fraction of sp³-hybridized carbons (Fsp3) is 0.0800. The zero-order valence-electron chi connectivity index (χ0n) is 16.9. The van der Waals surface area contributed by atoms with E-state index in [1.165, 1.54) is 4.90 Å². The normalized spacial score (nSPS) is 15.8. The van der Waals surface area contributed by atoms with Crippen molar-refractivity contribution in [2.24, 2.45) is 0 Å². The van der Waals surface area contributed by atoms with E-state index in [0.29, 0.717) is 10.7 Å². The molecule has 0 aromatic heterocycles. The number of para-hydroxylation sites is 1. The van der Waals surface area contributed by atoms with Gasteiger partial charge in [0.15, 0.2) is 0 Å². The molecule has 0 aliphatic carbocycles. The molecule has 1 fully saturated rings. The van der Waals surface area contributed by atoms with Crippen LogP contribution in [0.25, 0.3) is 6.08 Å². The van der Waals surface area contributed by atoms with Crippen LogP contribution in [-0.2, 0) is 16.0 Å². The number of aliphatic carboxylic acids is 1. The number of carbonyl (C=O) groups is 2. The third-order valence-corrected chi connectivity index (χ3v) is 6.18. The molecule has 1 atom stereocenters. The monoisotopic (exact) mass is 461 g/mol. The molecule has 160 valence electrons. The molecule has 5 nitrogen and oxygen atoms in total. The van der Waals surface area contributed by atoms with Crippen LogP contribution in [0.4, 0.5) is 0 Å². The molecule has 3 aromatic rings. The van der Waals surface area contributed by atoms with E-state index in [0.717, 1.165) is 28.6 Å². The molecule has 1 N–H and O–H groups in total. The van der Waals surface area contributed by atoms with E-state index in [9.17, 15) is 14.7 Å². The molecule has 0 saturated carbocycles. The quantitative estimate of drug-likeness (QED) is 0.377. The molecule has 0 radical (unpaired) electrons. The number of rotatable bonds is 7. The lowest BCUT2D eigenvalue weighted by molar-refractivity contribution is -0.145. The summed E-state index contributed by atoms with van der Waals surface area (Å²) in [6, 6.07) is 24.9. The van der Waals surface area contributed by atoms with Gasteiger partial charge >= 0.3 is 5.97 Å². The summed E-state index contributed by atoms with van der Waals surface area (Å²) in [6.45, 7) is 0. The van der Waals surface area contributed by atoms with Crippen LogP contribution in [0.5, 0.6) is 11.5 Å². The minimum absolute atomic E-state index is 0.182. The molecule has 0 bridgehead atoms. The molecular weight excluding hydrogens is 442 g/mol. The standard InChI is InChI=1S/C25H19NO4S2/c27-23-22(16-18-11-13-20(14-12-18)30-19-9-5-2-6-10-19)32-25(31)26(23)21(24(28)29)15-17-7-3-1-4-8-17/h1-14,16,21H,15H2,(H,28,29)/b22-16-. The van der Waals surface area contributed by atoms with Gasteiger partial charge in [0, 0.05) is 6.42 Å². The van der Waals surface area contributed by atoms with Gasteiger partial charge in [-0.3, -0.25) is 9.69 Å². The smallest absolute Gasteiger partial charge is 0.327 e. The van der Waals surface area contributed by atoms with Crippen LogP contribution < -0.4 is 4.74 Å². The van der Waals surface area contributed by atoms with E-state index < -0.39 is 17.9 Å². The number of ether oxygens (including phenoxy) is 1. The van der Waals surface area contributed by atoms with Gasteiger partial charge in [0.1, 0.15) is 21.9 Å². The first-order valence-corrected chi connectivity index (χ1v) is 11.1. The number of carbonyl (C=O) groups excluding carboxylic acids is 1. The molecule has 1 amide bonds. The van der Waals surface area contributed by atoms with Gasteiger partial charge in [-0.05, 0) is 41.5 Å². The van der Waals surface area contributed by atoms with Crippen molar-refractivity contribution < 1.29 is 19.4 Å². The van der Waals surface area contributed by atoms with Gasteiger partial charge in [0.2, 0.25) is 0 Å². The minimum Gasteiger partial charge on any atom is -0.480 e. The number of hydrogen-bond donors (Lipinski definition) is 1. The zero-order valence-corrected chi connectivity index (χ0v) is 18.5. The summed E-state index contributed by atoms with van der Waals surface area (Å²) in [5.41, 5.74) is 1.62. The lowest BCUT2D eigenvalue weighted by Crippen LogP contribution is -2.45. The second-order valence-corrected chi connectivity index (χ2v) is 8.76. The number of benzene rings is 3. The summed E-state index contributed by atoms with van der Waals surface area (Å²) >= 11 is 6.47. The van der Waals surface area contributed by atoms with Crippen molar-refractivity contribution in [2.75, 3.05) is 0 Å². The van der Waals surface area contributed by atoms with Gasteiger partial charge in [-0.25, -0.2) is 4.79 Å². The highest BCUT2D eigenvalue weighted by atomic mass is 32.2. The zero-order chi connectivity index (χ0) is 22.5. The van der Waals surface area contributed by atoms with Crippen LogP contribution >= 0.6 is 24.0 Å². The Morgan fingerprint density at radius 3 is 2.19 bits per heavy atom. The van der Waals surface area contributed by atoms with Crippen LogP contribution in [0.1, 0.15) is 11.1 Å². The molecule has 4 rings (SSSR count). The Labute approximate surface area is 195 Å². The highest BCUT2D eigenvalue weighted by Crippen LogP contribution is 2.35. The molecule has 1 unspecified atom stereocenters. The first-order chi connectivity index (χ1) is 15.5. The van der Waals surface area contributed by atoms with Gasteiger partial charge in [-0.15, -0.1) is 0 Å². The lowest BCUT2D eigenvalue weighted by Gasteiger charge is -2.23. The van der Waals surface area contributed by atoms with Crippen molar-refractivity contribution in [1.82, 2.24) is 4.90 Å². The van der Waals surface area contributed by atoms with E-state index in [2.05, 4.69) is 0 Å². The van der Waals surface area contributed by atoms with Crippen LogP contribution in [0.15, 0.2) is 89.8 Å². The summed E-state index contributed by atoms with van der Waals surface area (Å²) in [5, 5.41) is 9.76. The summed E-state index contributed by atoms with van der Waals surface area (Å²) in [4.78, 5) is 26.6. The van der Waals surface area contributed by atoms with Gasteiger partial charge in [0.05, 0.1) is 4.91 Å². The Kier molecular flexibility index (Phi) is 6.68. The fourth-order valence-electron chi connectivity index (χ4n) is 3.28. The molecule has 1 aliphatic rings. The summed E-state index contributed by atoms with van der Waals surface area (Å²) in [5.74, 6) is -0.0734. The van der Waals surface area contributed by atoms with E-state index in [1.54, 1.807) is 6.08 Å². The predicted molar refractivity (Wildman–Crippen MR) is 130 cm³/mol. The molecule has 7 heteroatoms. The number of nitrogens with zero attached hydrogens (tertiary/aromatic N) is 1. The number of thioether (sulfide) groups is 1. The maximum atomic E-state index is 13.0. The average molecular weight is 462 g/mol. The molecule has 3 aromatic carbocycles. The van der Waals surface area contributed by atoms with Gasteiger partial charge < -0.3 is 9.84 Å². The third-order valence-electron chi connectivity index (χ3n) is 4.85. The van der Waals surface area contributed by atoms with E-state index in [-0.39, 0.29) is 10.7 Å². The number of amides is 1. The summed E-state index contributed by atoms with van der Waals surface area (Å²) < 4.78 is 6.03. The largest absolute Gasteiger partial charge is 0.480 e. The van der Waals surface area contributed by atoms with Crippen molar-refractivity contribution in [3.05, 3.63) is 101 Å². The van der Waals surface area contributed by atoms with Gasteiger partial charge in [-0.1, -0.05) is 84.6 Å². The Balaban J connectivity index is 1.50. The molecule has 1 heterocycles. The summed E-state index contributed by atoms with van der Waals surface area (Å²) in [7, 11) is 0. The predicted octanol–water partition coefficient (Wildman–Crippen LogP) is 5.38. The summed E-state index contributed by atoms with van der Waals surface area (Å²) in [6.07, 6.45) is 1.90. The molecule has 1 saturated heterocycles. The third kappa shape index (κ3) is 5.07. The number of carboxylic acid groups (broad SMARTS) is 1. The first kappa shape index (κ1) is 21.8. The van der Waals surface area contributed by atoms with E-state index in [1.807, 2.05) is 84.9 Å². The first-order valence-electron chi connectivity index (χ1n) is 9.88. The molecule has 1 aliphatic heterocycles. The number of carboxylic acids is 1. The Hall–Kier alpha value is -3.42.